The van der Waals surface area contributed by atoms with Crippen molar-refractivity contribution in [2.75, 3.05) is 7.11 Å². The molecule has 0 bridgehead atoms. The first-order valence-electron chi connectivity index (χ1n) is 4.78. The SMILES string of the molecule is COc1cc(C)c(O)c(C(O)C(C)N)c1. The minimum absolute atomic E-state index is 0.0700. The van der Waals surface area contributed by atoms with Crippen molar-refractivity contribution in [3.8, 4) is 11.5 Å². The first-order chi connectivity index (χ1) is 6.97. The third kappa shape index (κ3) is 2.40. The Kier molecular flexibility index (Phi) is 3.55. The van der Waals surface area contributed by atoms with Gasteiger partial charge in [0, 0.05) is 11.6 Å². The molecule has 2 atom stereocenters. The molecule has 0 heterocycles. The number of aryl methyl sites for hydroxylation is 1. The summed E-state index contributed by atoms with van der Waals surface area (Å²) in [6.45, 7) is 3.42. The van der Waals surface area contributed by atoms with Crippen molar-refractivity contribution in [1.29, 1.82) is 0 Å². The van der Waals surface area contributed by atoms with Gasteiger partial charge in [0.05, 0.1) is 13.2 Å². The van der Waals surface area contributed by atoms with Crippen LogP contribution in [0.3, 0.4) is 0 Å². The van der Waals surface area contributed by atoms with E-state index in [0.717, 1.165) is 0 Å². The van der Waals surface area contributed by atoms with Crippen molar-refractivity contribution < 1.29 is 14.9 Å². The Balaban J connectivity index is 3.21. The molecule has 84 valence electrons. The van der Waals surface area contributed by atoms with Gasteiger partial charge in [-0.2, -0.15) is 0 Å². The Bertz CT molecular complexity index is 350. The first kappa shape index (κ1) is 11.8. The number of nitrogens with two attached hydrogens (primary N) is 1. The fraction of sp³-hybridized carbons (Fsp3) is 0.455. The zero-order valence-corrected chi connectivity index (χ0v) is 9.19. The van der Waals surface area contributed by atoms with Crippen LogP contribution in [0.15, 0.2) is 12.1 Å². The summed E-state index contributed by atoms with van der Waals surface area (Å²) in [6, 6.07) is 2.85. The molecule has 0 amide bonds. The van der Waals surface area contributed by atoms with E-state index < -0.39 is 12.1 Å². The van der Waals surface area contributed by atoms with Crippen LogP contribution in [0.5, 0.6) is 11.5 Å². The smallest absolute Gasteiger partial charge is 0.124 e. The maximum absolute atomic E-state index is 9.78. The summed E-state index contributed by atoms with van der Waals surface area (Å²) >= 11 is 0. The van der Waals surface area contributed by atoms with E-state index in [0.29, 0.717) is 16.9 Å². The lowest BCUT2D eigenvalue weighted by Gasteiger charge is -2.18. The number of rotatable bonds is 3. The van der Waals surface area contributed by atoms with Crippen LogP contribution < -0.4 is 10.5 Å². The standard InChI is InChI=1S/C11H17NO3/c1-6-4-8(15-3)5-9(10(6)13)11(14)7(2)12/h4-5,7,11,13-14H,12H2,1-3H3. The predicted octanol–water partition coefficient (Wildman–Crippen LogP) is 1.09. The molecule has 0 saturated heterocycles. The highest BCUT2D eigenvalue weighted by Crippen LogP contribution is 2.33. The molecular weight excluding hydrogens is 194 g/mol. The van der Waals surface area contributed by atoms with Gasteiger partial charge in [0.1, 0.15) is 11.5 Å². The molecule has 0 radical (unpaired) electrons. The average Bonchev–Trinajstić information content (AvgIpc) is 2.20. The molecule has 0 spiro atoms. The zero-order valence-electron chi connectivity index (χ0n) is 9.19. The molecule has 4 nitrogen and oxygen atoms in total. The summed E-state index contributed by atoms with van der Waals surface area (Å²) in [4.78, 5) is 0. The van der Waals surface area contributed by atoms with Crippen molar-refractivity contribution >= 4 is 0 Å². The highest BCUT2D eigenvalue weighted by Gasteiger charge is 2.18. The number of phenols is 1. The van der Waals surface area contributed by atoms with Gasteiger partial charge < -0.3 is 20.7 Å². The number of hydrogen-bond acceptors (Lipinski definition) is 4. The molecule has 0 saturated carbocycles. The third-order valence-corrected chi connectivity index (χ3v) is 2.36. The molecule has 4 N–H and O–H groups in total. The minimum atomic E-state index is -0.890. The van der Waals surface area contributed by atoms with Gasteiger partial charge in [-0.3, -0.25) is 0 Å². The quantitative estimate of drug-likeness (QED) is 0.699. The van der Waals surface area contributed by atoms with Crippen LogP contribution in [0.1, 0.15) is 24.2 Å². The van der Waals surface area contributed by atoms with Gasteiger partial charge in [0.2, 0.25) is 0 Å². The molecule has 2 unspecified atom stereocenters. The van der Waals surface area contributed by atoms with Crippen molar-refractivity contribution in [1.82, 2.24) is 0 Å². The highest BCUT2D eigenvalue weighted by atomic mass is 16.5. The lowest BCUT2D eigenvalue weighted by molar-refractivity contribution is 0.149. The van der Waals surface area contributed by atoms with Gasteiger partial charge in [0.25, 0.3) is 0 Å². The minimum Gasteiger partial charge on any atom is -0.507 e. The molecule has 1 aromatic rings. The van der Waals surface area contributed by atoms with E-state index in [9.17, 15) is 10.2 Å². The van der Waals surface area contributed by atoms with Crippen LogP contribution in [0.25, 0.3) is 0 Å². The van der Waals surface area contributed by atoms with Crippen LogP contribution in [-0.4, -0.2) is 23.4 Å². The summed E-state index contributed by atoms with van der Waals surface area (Å²) in [5, 5.41) is 19.5. The second-order valence-corrected chi connectivity index (χ2v) is 3.69. The van der Waals surface area contributed by atoms with E-state index in [4.69, 9.17) is 10.5 Å². The molecule has 0 aliphatic rings. The van der Waals surface area contributed by atoms with E-state index in [2.05, 4.69) is 0 Å². The second-order valence-electron chi connectivity index (χ2n) is 3.69. The number of aliphatic hydroxyl groups is 1. The monoisotopic (exact) mass is 211 g/mol. The van der Waals surface area contributed by atoms with Crippen LogP contribution in [0, 0.1) is 6.92 Å². The summed E-state index contributed by atoms with van der Waals surface area (Å²) in [5.41, 5.74) is 6.64. The van der Waals surface area contributed by atoms with Gasteiger partial charge in [0.15, 0.2) is 0 Å². The first-order valence-corrected chi connectivity index (χ1v) is 4.78. The molecule has 4 heteroatoms. The predicted molar refractivity (Wildman–Crippen MR) is 58.0 cm³/mol. The number of aliphatic hydroxyl groups excluding tert-OH is 1. The summed E-state index contributed by atoms with van der Waals surface area (Å²) in [7, 11) is 1.54. The van der Waals surface area contributed by atoms with Crippen molar-refractivity contribution in [3.05, 3.63) is 23.3 Å². The van der Waals surface area contributed by atoms with Gasteiger partial charge in [-0.25, -0.2) is 0 Å². The molecule has 15 heavy (non-hydrogen) atoms. The Morgan fingerprint density at radius 3 is 2.47 bits per heavy atom. The Morgan fingerprint density at radius 2 is 2.00 bits per heavy atom. The molecule has 1 aromatic carbocycles. The zero-order chi connectivity index (χ0) is 11.6. The van der Waals surface area contributed by atoms with Crippen molar-refractivity contribution in [2.24, 2.45) is 5.73 Å². The van der Waals surface area contributed by atoms with Crippen molar-refractivity contribution in [3.63, 3.8) is 0 Å². The fourth-order valence-electron chi connectivity index (χ4n) is 1.40. The molecular formula is C11H17NO3. The Morgan fingerprint density at radius 1 is 1.40 bits per heavy atom. The molecule has 0 fully saturated rings. The van der Waals surface area contributed by atoms with Gasteiger partial charge in [-0.1, -0.05) is 0 Å². The van der Waals surface area contributed by atoms with E-state index in [1.807, 2.05) is 0 Å². The number of benzene rings is 1. The molecule has 0 aliphatic carbocycles. The number of aromatic hydroxyl groups is 1. The average molecular weight is 211 g/mol. The lowest BCUT2D eigenvalue weighted by atomic mass is 10.00. The van der Waals surface area contributed by atoms with Gasteiger partial charge in [-0.05, 0) is 31.5 Å². The normalized spacial score (nSPS) is 14.7. The van der Waals surface area contributed by atoms with E-state index >= 15 is 0 Å². The van der Waals surface area contributed by atoms with Gasteiger partial charge in [-0.15, -0.1) is 0 Å². The van der Waals surface area contributed by atoms with E-state index in [-0.39, 0.29) is 5.75 Å². The number of phenolic OH excluding ortho intramolecular Hbond substituents is 1. The van der Waals surface area contributed by atoms with E-state index in [1.165, 1.54) is 7.11 Å². The Labute approximate surface area is 89.3 Å². The fourth-order valence-corrected chi connectivity index (χ4v) is 1.40. The maximum atomic E-state index is 9.78. The molecule has 1 rings (SSSR count). The van der Waals surface area contributed by atoms with Crippen LogP contribution in [0.4, 0.5) is 0 Å². The summed E-state index contributed by atoms with van der Waals surface area (Å²) in [5.74, 6) is 0.667. The second kappa shape index (κ2) is 4.51. The molecule has 0 aromatic heterocycles. The van der Waals surface area contributed by atoms with Crippen molar-refractivity contribution in [2.45, 2.75) is 26.0 Å². The third-order valence-electron chi connectivity index (χ3n) is 2.36. The largest absolute Gasteiger partial charge is 0.507 e. The number of hydrogen-bond donors (Lipinski definition) is 3. The summed E-state index contributed by atoms with van der Waals surface area (Å²) < 4.78 is 5.06. The topological polar surface area (TPSA) is 75.7 Å². The summed E-state index contributed by atoms with van der Waals surface area (Å²) in [6.07, 6.45) is -0.890. The maximum Gasteiger partial charge on any atom is 0.124 e. The van der Waals surface area contributed by atoms with Crippen LogP contribution in [0.2, 0.25) is 0 Å². The van der Waals surface area contributed by atoms with E-state index in [1.54, 1.807) is 26.0 Å². The number of methoxy groups -OCH3 is 1. The Hall–Kier alpha value is -1.26. The number of ether oxygens (including phenoxy) is 1. The van der Waals surface area contributed by atoms with Gasteiger partial charge >= 0.3 is 0 Å². The van der Waals surface area contributed by atoms with Crippen LogP contribution >= 0.6 is 0 Å². The highest BCUT2D eigenvalue weighted by molar-refractivity contribution is 5.47. The van der Waals surface area contributed by atoms with Crippen LogP contribution in [-0.2, 0) is 0 Å². The molecule has 0 aliphatic heterocycles. The lowest BCUT2D eigenvalue weighted by Crippen LogP contribution is -2.24.